The third-order valence-electron chi connectivity index (χ3n) is 4.33. The summed E-state index contributed by atoms with van der Waals surface area (Å²) in [5, 5.41) is 11.4. The zero-order valence-corrected chi connectivity index (χ0v) is 10.4. The Balaban J connectivity index is 1.51. The zero-order valence-electron chi connectivity index (χ0n) is 10.4. The van der Waals surface area contributed by atoms with Gasteiger partial charge in [-0.15, -0.1) is 5.10 Å². The Morgan fingerprint density at radius 1 is 1.35 bits per heavy atom. The van der Waals surface area contributed by atoms with Gasteiger partial charge in [0.2, 0.25) is 0 Å². The summed E-state index contributed by atoms with van der Waals surface area (Å²) in [4.78, 5) is 2.44. The molecule has 0 atom stereocenters. The molecule has 0 unspecified atom stereocenters. The molecule has 1 aromatic rings. The topological polar surface area (TPSA) is 41.0 Å². The van der Waals surface area contributed by atoms with Crippen LogP contribution in [0, 0.1) is 5.41 Å². The molecule has 1 N–H and O–H groups in total. The average molecular weight is 230 g/mol. The first-order valence-corrected chi connectivity index (χ1v) is 6.49. The van der Waals surface area contributed by atoms with Gasteiger partial charge < -0.3 is 10.1 Å². The first-order chi connectivity index (χ1) is 8.26. The highest BCUT2D eigenvalue weighted by Crippen LogP contribution is 2.49. The predicted molar refractivity (Wildman–Crippen MR) is 70.5 cm³/mol. The van der Waals surface area contributed by atoms with Crippen LogP contribution >= 0.6 is 0 Å². The molecule has 1 saturated carbocycles. The Kier molecular flexibility index (Phi) is 2.78. The first-order valence-electron chi connectivity index (χ1n) is 6.49. The van der Waals surface area contributed by atoms with E-state index in [4.69, 9.17) is 0 Å². The quantitative estimate of drug-likeness (QED) is 0.758. The molecule has 1 aliphatic heterocycles. The Labute approximate surface area is 103 Å². The molecule has 0 aromatic carbocycles. The molecule has 3 rings (SSSR count). The van der Waals surface area contributed by atoms with Crippen molar-refractivity contribution in [2.24, 2.45) is 5.41 Å². The number of nitrogens with zero attached hydrogens (tertiary/aromatic N) is 3. The molecule has 1 spiro atoms. The van der Waals surface area contributed by atoms with E-state index in [1.807, 2.05) is 12.1 Å². The first kappa shape index (κ1) is 11.0. The molecule has 4 nitrogen and oxygen atoms in total. The SMILES string of the molecule is BN1CCC2(CC1)CC(Nc1cccnn1)C2. The van der Waals surface area contributed by atoms with Gasteiger partial charge in [-0.3, -0.25) is 0 Å². The minimum absolute atomic E-state index is 0.607. The van der Waals surface area contributed by atoms with E-state index in [-0.39, 0.29) is 0 Å². The van der Waals surface area contributed by atoms with Gasteiger partial charge in [0.05, 0.1) is 0 Å². The van der Waals surface area contributed by atoms with Gasteiger partial charge >= 0.3 is 0 Å². The Morgan fingerprint density at radius 3 is 2.76 bits per heavy atom. The number of nitrogens with one attached hydrogen (secondary N) is 1. The van der Waals surface area contributed by atoms with Crippen molar-refractivity contribution in [3.05, 3.63) is 18.3 Å². The van der Waals surface area contributed by atoms with Gasteiger partial charge in [-0.1, -0.05) is 0 Å². The number of piperidine rings is 1. The van der Waals surface area contributed by atoms with E-state index < -0.39 is 0 Å². The highest BCUT2D eigenvalue weighted by molar-refractivity contribution is 6.04. The van der Waals surface area contributed by atoms with Gasteiger partial charge in [0.1, 0.15) is 5.82 Å². The maximum atomic E-state index is 4.08. The third kappa shape index (κ3) is 2.29. The van der Waals surface area contributed by atoms with Gasteiger partial charge in [0.25, 0.3) is 0 Å². The van der Waals surface area contributed by atoms with Crippen LogP contribution < -0.4 is 5.32 Å². The standard InChI is InChI=1S/C12H19BN4/c13-17-6-3-12(4-7-17)8-10(9-12)15-11-2-1-5-14-16-11/h1-2,5,10H,3-4,6-9,13H2,(H,15,16). The summed E-state index contributed by atoms with van der Waals surface area (Å²) in [6.07, 6.45) is 7.05. The second kappa shape index (κ2) is 4.29. The van der Waals surface area contributed by atoms with Crippen molar-refractivity contribution in [1.82, 2.24) is 15.0 Å². The van der Waals surface area contributed by atoms with Crippen LogP contribution in [0.3, 0.4) is 0 Å². The molecule has 5 heteroatoms. The normalized spacial score (nSPS) is 24.5. The van der Waals surface area contributed by atoms with Crippen molar-refractivity contribution < 1.29 is 0 Å². The molecule has 0 bridgehead atoms. The summed E-state index contributed by atoms with van der Waals surface area (Å²) < 4.78 is 0. The minimum atomic E-state index is 0.607. The van der Waals surface area contributed by atoms with E-state index in [0.717, 1.165) is 5.82 Å². The Hall–Kier alpha value is -1.10. The van der Waals surface area contributed by atoms with Crippen molar-refractivity contribution in [3.63, 3.8) is 0 Å². The lowest BCUT2D eigenvalue weighted by Crippen LogP contribution is -2.51. The van der Waals surface area contributed by atoms with Crippen LogP contribution in [0.25, 0.3) is 0 Å². The molecule has 17 heavy (non-hydrogen) atoms. The fraction of sp³-hybridized carbons (Fsp3) is 0.667. The fourth-order valence-corrected chi connectivity index (χ4v) is 3.18. The third-order valence-corrected chi connectivity index (χ3v) is 4.33. The van der Waals surface area contributed by atoms with Gasteiger partial charge in [-0.25, -0.2) is 0 Å². The van der Waals surface area contributed by atoms with Crippen LogP contribution in [0.4, 0.5) is 5.82 Å². The van der Waals surface area contributed by atoms with Crippen LogP contribution in [-0.2, 0) is 0 Å². The average Bonchev–Trinajstić information content (AvgIpc) is 2.31. The number of hydrogen-bond donors (Lipinski definition) is 1. The maximum absolute atomic E-state index is 4.08. The van der Waals surface area contributed by atoms with Crippen molar-refractivity contribution in [2.75, 3.05) is 18.4 Å². The molecular formula is C12H19BN4. The van der Waals surface area contributed by atoms with Gasteiger partial charge in [-0.2, -0.15) is 5.10 Å². The van der Waals surface area contributed by atoms with Crippen LogP contribution in [0.1, 0.15) is 25.7 Å². The number of aromatic nitrogens is 2. The van der Waals surface area contributed by atoms with E-state index in [0.29, 0.717) is 11.5 Å². The number of rotatable bonds is 2. The highest BCUT2D eigenvalue weighted by Gasteiger charge is 2.45. The van der Waals surface area contributed by atoms with Gasteiger partial charge in [-0.05, 0) is 56.3 Å². The summed E-state index contributed by atoms with van der Waals surface area (Å²) in [6.45, 7) is 2.52. The fourth-order valence-electron chi connectivity index (χ4n) is 3.18. The summed E-state index contributed by atoms with van der Waals surface area (Å²) in [5.74, 6) is 0.917. The second-order valence-corrected chi connectivity index (χ2v) is 5.66. The number of hydrogen-bond acceptors (Lipinski definition) is 4. The van der Waals surface area contributed by atoms with Crippen molar-refractivity contribution in [2.45, 2.75) is 31.7 Å². The smallest absolute Gasteiger partial charge is 0.185 e. The maximum Gasteiger partial charge on any atom is 0.185 e. The predicted octanol–water partition coefficient (Wildman–Crippen LogP) is 0.681. The molecule has 1 aliphatic carbocycles. The van der Waals surface area contributed by atoms with Crippen LogP contribution in [0.5, 0.6) is 0 Å². The molecule has 1 saturated heterocycles. The minimum Gasteiger partial charge on any atom is -0.366 e. The molecule has 0 amide bonds. The Bertz CT molecular complexity index is 367. The van der Waals surface area contributed by atoms with Crippen molar-refractivity contribution in [1.29, 1.82) is 0 Å². The van der Waals surface area contributed by atoms with E-state index in [1.54, 1.807) is 6.20 Å². The van der Waals surface area contributed by atoms with Gasteiger partial charge in [0, 0.05) is 12.2 Å². The molecule has 2 aliphatic rings. The highest BCUT2D eigenvalue weighted by atomic mass is 15.2. The monoisotopic (exact) mass is 230 g/mol. The van der Waals surface area contributed by atoms with E-state index in [2.05, 4.69) is 28.3 Å². The molecule has 90 valence electrons. The summed E-state index contributed by atoms with van der Waals surface area (Å²) >= 11 is 0. The van der Waals surface area contributed by atoms with Crippen LogP contribution in [0.15, 0.2) is 18.3 Å². The molecular weight excluding hydrogens is 211 g/mol. The van der Waals surface area contributed by atoms with Crippen LogP contribution in [-0.4, -0.2) is 42.1 Å². The molecule has 0 radical (unpaired) electrons. The van der Waals surface area contributed by atoms with E-state index in [9.17, 15) is 0 Å². The molecule has 2 fully saturated rings. The van der Waals surface area contributed by atoms with Crippen LogP contribution in [0.2, 0.25) is 0 Å². The van der Waals surface area contributed by atoms with E-state index in [1.165, 1.54) is 38.8 Å². The Morgan fingerprint density at radius 2 is 2.12 bits per heavy atom. The molecule has 1 aromatic heterocycles. The van der Waals surface area contributed by atoms with Crippen molar-refractivity contribution >= 4 is 13.8 Å². The van der Waals surface area contributed by atoms with E-state index >= 15 is 0 Å². The van der Waals surface area contributed by atoms with Crippen molar-refractivity contribution in [3.8, 4) is 0 Å². The number of anilines is 1. The lowest BCUT2D eigenvalue weighted by Gasteiger charge is -2.52. The summed E-state index contributed by atoms with van der Waals surface area (Å²) in [6, 6.07) is 4.53. The largest absolute Gasteiger partial charge is 0.366 e. The second-order valence-electron chi connectivity index (χ2n) is 5.66. The summed E-state index contributed by atoms with van der Waals surface area (Å²) in [5.41, 5.74) is 0.631. The van der Waals surface area contributed by atoms with Gasteiger partial charge in [0.15, 0.2) is 7.98 Å². The summed E-state index contributed by atoms with van der Waals surface area (Å²) in [7, 11) is 2.22. The lowest BCUT2D eigenvalue weighted by molar-refractivity contribution is 0.0489. The molecule has 2 heterocycles. The lowest BCUT2D eigenvalue weighted by atomic mass is 9.60. The zero-order chi connectivity index (χ0) is 11.7.